The van der Waals surface area contributed by atoms with E-state index in [4.69, 9.17) is 4.74 Å². The zero-order valence-electron chi connectivity index (χ0n) is 11.1. The summed E-state index contributed by atoms with van der Waals surface area (Å²) in [4.78, 5) is 19.5. The zero-order valence-corrected chi connectivity index (χ0v) is 12.7. The lowest BCUT2D eigenvalue weighted by atomic mass is 10.1. The SMILES string of the molecule is CC1CCC(c2nc(-c3ccccc3)c(Br)c(=O)[nH]2)O1. The van der Waals surface area contributed by atoms with Crippen molar-refractivity contribution in [3.63, 3.8) is 0 Å². The molecule has 5 heteroatoms. The topological polar surface area (TPSA) is 55.0 Å². The number of rotatable bonds is 2. The molecule has 2 atom stereocenters. The number of ether oxygens (including phenoxy) is 1. The summed E-state index contributed by atoms with van der Waals surface area (Å²) in [6, 6.07) is 9.67. The number of H-pyrrole nitrogens is 1. The van der Waals surface area contributed by atoms with Gasteiger partial charge in [-0.2, -0.15) is 0 Å². The van der Waals surface area contributed by atoms with Crippen molar-refractivity contribution < 1.29 is 4.74 Å². The Hall–Kier alpha value is -1.46. The summed E-state index contributed by atoms with van der Waals surface area (Å²) in [5, 5.41) is 0. The Morgan fingerprint density at radius 2 is 2.05 bits per heavy atom. The third-order valence-corrected chi connectivity index (χ3v) is 4.20. The molecule has 1 fully saturated rings. The van der Waals surface area contributed by atoms with E-state index in [-0.39, 0.29) is 17.8 Å². The maximum atomic E-state index is 12.1. The Morgan fingerprint density at radius 3 is 2.70 bits per heavy atom. The van der Waals surface area contributed by atoms with Gasteiger partial charge in [0, 0.05) is 5.56 Å². The molecule has 1 saturated heterocycles. The lowest BCUT2D eigenvalue weighted by Gasteiger charge is -2.12. The molecular formula is C15H15BrN2O2. The summed E-state index contributed by atoms with van der Waals surface area (Å²) in [5.74, 6) is 0.612. The standard InChI is InChI=1S/C15H15BrN2O2/c1-9-7-8-11(20-9)14-17-13(12(16)15(19)18-14)10-5-3-2-4-6-10/h2-6,9,11H,7-8H2,1H3,(H,17,18,19). The van der Waals surface area contributed by atoms with Gasteiger partial charge in [0.2, 0.25) is 0 Å². The first-order valence-corrected chi connectivity index (χ1v) is 7.45. The molecule has 1 N–H and O–H groups in total. The highest BCUT2D eigenvalue weighted by molar-refractivity contribution is 9.10. The number of aromatic nitrogens is 2. The molecule has 104 valence electrons. The molecule has 2 unspecified atom stereocenters. The van der Waals surface area contributed by atoms with Crippen LogP contribution in [0.1, 0.15) is 31.7 Å². The number of halogens is 1. The van der Waals surface area contributed by atoms with Gasteiger partial charge in [-0.3, -0.25) is 4.79 Å². The van der Waals surface area contributed by atoms with Crippen molar-refractivity contribution in [1.29, 1.82) is 0 Å². The maximum absolute atomic E-state index is 12.1. The van der Waals surface area contributed by atoms with E-state index >= 15 is 0 Å². The van der Waals surface area contributed by atoms with Crippen LogP contribution in [0, 0.1) is 0 Å². The van der Waals surface area contributed by atoms with E-state index < -0.39 is 0 Å². The quantitative estimate of drug-likeness (QED) is 0.915. The second-order valence-electron chi connectivity index (χ2n) is 4.99. The molecule has 0 amide bonds. The molecule has 1 aliphatic rings. The van der Waals surface area contributed by atoms with Crippen molar-refractivity contribution >= 4 is 15.9 Å². The number of aromatic amines is 1. The minimum atomic E-state index is -0.169. The van der Waals surface area contributed by atoms with E-state index in [0.29, 0.717) is 16.0 Å². The molecule has 0 radical (unpaired) electrons. The number of nitrogens with one attached hydrogen (secondary N) is 1. The molecule has 2 aromatic rings. The van der Waals surface area contributed by atoms with Crippen molar-refractivity contribution in [2.45, 2.75) is 32.0 Å². The second-order valence-corrected chi connectivity index (χ2v) is 5.79. The van der Waals surface area contributed by atoms with Crippen LogP contribution in [0.5, 0.6) is 0 Å². The van der Waals surface area contributed by atoms with E-state index in [1.54, 1.807) is 0 Å². The van der Waals surface area contributed by atoms with Crippen LogP contribution in [0.4, 0.5) is 0 Å². The van der Waals surface area contributed by atoms with Gasteiger partial charge in [-0.15, -0.1) is 0 Å². The summed E-state index contributed by atoms with van der Waals surface area (Å²) in [7, 11) is 0. The predicted molar refractivity (Wildman–Crippen MR) is 80.5 cm³/mol. The van der Waals surface area contributed by atoms with Gasteiger partial charge in [0.25, 0.3) is 5.56 Å². The van der Waals surface area contributed by atoms with Gasteiger partial charge in [0.05, 0.1) is 11.8 Å². The summed E-state index contributed by atoms with van der Waals surface area (Å²) in [6.07, 6.45) is 1.98. The first kappa shape index (κ1) is 13.5. The van der Waals surface area contributed by atoms with Gasteiger partial charge < -0.3 is 9.72 Å². The highest BCUT2D eigenvalue weighted by Crippen LogP contribution is 2.32. The van der Waals surface area contributed by atoms with Crippen molar-refractivity contribution in [2.24, 2.45) is 0 Å². The number of benzene rings is 1. The first-order chi connectivity index (χ1) is 9.65. The van der Waals surface area contributed by atoms with Crippen molar-refractivity contribution in [3.05, 3.63) is 51.0 Å². The van der Waals surface area contributed by atoms with E-state index in [2.05, 4.69) is 25.9 Å². The molecule has 0 aliphatic carbocycles. The van der Waals surface area contributed by atoms with Crippen LogP contribution in [0.25, 0.3) is 11.3 Å². The van der Waals surface area contributed by atoms with Gasteiger partial charge in [0.15, 0.2) is 0 Å². The summed E-state index contributed by atoms with van der Waals surface area (Å²) >= 11 is 3.32. The van der Waals surface area contributed by atoms with Gasteiger partial charge in [-0.05, 0) is 35.7 Å². The van der Waals surface area contributed by atoms with Gasteiger partial charge >= 0.3 is 0 Å². The monoisotopic (exact) mass is 334 g/mol. The fraction of sp³-hybridized carbons (Fsp3) is 0.333. The Labute approximate surface area is 125 Å². The van der Waals surface area contributed by atoms with Gasteiger partial charge in [-0.1, -0.05) is 30.3 Å². The molecule has 2 heterocycles. The Morgan fingerprint density at radius 1 is 1.30 bits per heavy atom. The third kappa shape index (κ3) is 2.55. The fourth-order valence-corrected chi connectivity index (χ4v) is 2.84. The Bertz CT molecular complexity index is 669. The predicted octanol–water partition coefficient (Wildman–Crippen LogP) is 3.44. The number of hydrogen-bond donors (Lipinski definition) is 1. The van der Waals surface area contributed by atoms with Crippen LogP contribution < -0.4 is 5.56 Å². The van der Waals surface area contributed by atoms with Crippen molar-refractivity contribution in [3.8, 4) is 11.3 Å². The Kier molecular flexibility index (Phi) is 3.72. The van der Waals surface area contributed by atoms with Crippen LogP contribution in [-0.4, -0.2) is 16.1 Å². The largest absolute Gasteiger partial charge is 0.367 e. The Balaban J connectivity index is 2.07. The lowest BCUT2D eigenvalue weighted by Crippen LogP contribution is -2.17. The normalized spacial score (nSPS) is 22.1. The minimum absolute atomic E-state index is 0.117. The van der Waals surface area contributed by atoms with Crippen molar-refractivity contribution in [2.75, 3.05) is 0 Å². The summed E-state index contributed by atoms with van der Waals surface area (Å²) < 4.78 is 6.24. The fourth-order valence-electron chi connectivity index (χ4n) is 2.42. The highest BCUT2D eigenvalue weighted by atomic mass is 79.9. The van der Waals surface area contributed by atoms with Crippen LogP contribution in [0.2, 0.25) is 0 Å². The molecular weight excluding hydrogens is 320 g/mol. The number of nitrogens with zero attached hydrogens (tertiary/aromatic N) is 1. The van der Waals surface area contributed by atoms with Crippen LogP contribution in [0.15, 0.2) is 39.6 Å². The zero-order chi connectivity index (χ0) is 14.1. The summed E-state index contributed by atoms with van der Waals surface area (Å²) in [6.45, 7) is 2.04. The average Bonchev–Trinajstić information content (AvgIpc) is 2.89. The molecule has 1 aromatic heterocycles. The van der Waals surface area contributed by atoms with Gasteiger partial charge in [0.1, 0.15) is 16.4 Å². The van der Waals surface area contributed by atoms with Crippen molar-refractivity contribution in [1.82, 2.24) is 9.97 Å². The molecule has 20 heavy (non-hydrogen) atoms. The molecule has 3 rings (SSSR count). The molecule has 0 saturated carbocycles. The summed E-state index contributed by atoms with van der Waals surface area (Å²) in [5.41, 5.74) is 1.40. The molecule has 0 spiro atoms. The molecule has 1 aromatic carbocycles. The molecule has 4 nitrogen and oxygen atoms in total. The smallest absolute Gasteiger partial charge is 0.265 e. The van der Waals surface area contributed by atoms with Crippen LogP contribution in [-0.2, 0) is 4.74 Å². The van der Waals surface area contributed by atoms with Crippen LogP contribution in [0.3, 0.4) is 0 Å². The number of hydrogen-bond acceptors (Lipinski definition) is 3. The molecule has 0 bridgehead atoms. The highest BCUT2D eigenvalue weighted by Gasteiger charge is 2.26. The van der Waals surface area contributed by atoms with E-state index in [1.807, 2.05) is 37.3 Å². The van der Waals surface area contributed by atoms with E-state index in [1.165, 1.54) is 0 Å². The van der Waals surface area contributed by atoms with E-state index in [0.717, 1.165) is 18.4 Å². The molecule has 1 aliphatic heterocycles. The third-order valence-electron chi connectivity index (χ3n) is 3.47. The van der Waals surface area contributed by atoms with E-state index in [9.17, 15) is 4.79 Å². The minimum Gasteiger partial charge on any atom is -0.367 e. The van der Waals surface area contributed by atoms with Crippen LogP contribution >= 0.6 is 15.9 Å². The maximum Gasteiger partial charge on any atom is 0.265 e. The average molecular weight is 335 g/mol. The lowest BCUT2D eigenvalue weighted by molar-refractivity contribution is 0.0502. The van der Waals surface area contributed by atoms with Gasteiger partial charge in [-0.25, -0.2) is 4.98 Å². The first-order valence-electron chi connectivity index (χ1n) is 6.65. The second kappa shape index (κ2) is 5.50.